The Morgan fingerprint density at radius 1 is 1.33 bits per heavy atom. The van der Waals surface area contributed by atoms with E-state index in [1.165, 1.54) is 6.42 Å². The molecule has 1 aliphatic rings. The standard InChI is InChI=1S/C17H26BrN3O3/c1-11-6-12(2)9-21(8-11)10-13(3)20-16(22)7-19-17(23)14-4-5-15(18)24-14/h4-5,11-13H,6-10H2,1-3H3,(H,19,23)(H,20,22). The SMILES string of the molecule is CC1CC(C)CN(CC(C)NC(=O)CNC(=O)c2ccc(Br)o2)C1. The van der Waals surface area contributed by atoms with Gasteiger partial charge in [0.05, 0.1) is 6.54 Å². The van der Waals surface area contributed by atoms with Gasteiger partial charge in [-0.15, -0.1) is 0 Å². The maximum atomic E-state index is 12.0. The zero-order valence-electron chi connectivity index (χ0n) is 14.5. The largest absolute Gasteiger partial charge is 0.444 e. The normalized spacial score (nSPS) is 22.8. The first-order valence-electron chi connectivity index (χ1n) is 8.38. The predicted molar refractivity (Wildman–Crippen MR) is 95.7 cm³/mol. The Hall–Kier alpha value is -1.34. The second-order valence-corrected chi connectivity index (χ2v) is 7.70. The van der Waals surface area contributed by atoms with Gasteiger partial charge in [0.1, 0.15) is 0 Å². The van der Waals surface area contributed by atoms with Gasteiger partial charge < -0.3 is 20.0 Å². The van der Waals surface area contributed by atoms with Gasteiger partial charge in [-0.3, -0.25) is 9.59 Å². The topological polar surface area (TPSA) is 74.6 Å². The van der Waals surface area contributed by atoms with Gasteiger partial charge in [0.15, 0.2) is 10.4 Å². The molecule has 6 nitrogen and oxygen atoms in total. The van der Waals surface area contributed by atoms with Crippen molar-refractivity contribution in [3.05, 3.63) is 22.6 Å². The van der Waals surface area contributed by atoms with Crippen LogP contribution in [0.1, 0.15) is 37.7 Å². The number of hydrogen-bond donors (Lipinski definition) is 2. The Morgan fingerprint density at radius 2 is 2.00 bits per heavy atom. The lowest BCUT2D eigenvalue weighted by molar-refractivity contribution is -0.120. The van der Waals surface area contributed by atoms with Crippen LogP contribution in [0, 0.1) is 11.8 Å². The van der Waals surface area contributed by atoms with E-state index in [1.54, 1.807) is 12.1 Å². The molecule has 0 spiro atoms. The van der Waals surface area contributed by atoms with Crippen LogP contribution >= 0.6 is 15.9 Å². The summed E-state index contributed by atoms with van der Waals surface area (Å²) in [4.78, 5) is 26.2. The Balaban J connectivity index is 1.70. The van der Waals surface area contributed by atoms with Crippen molar-refractivity contribution in [3.8, 4) is 0 Å². The monoisotopic (exact) mass is 399 g/mol. The summed E-state index contributed by atoms with van der Waals surface area (Å²) in [6.07, 6.45) is 1.27. The molecular formula is C17H26BrN3O3. The highest BCUT2D eigenvalue weighted by Crippen LogP contribution is 2.20. The average Bonchev–Trinajstić information content (AvgIpc) is 2.90. The number of nitrogens with zero attached hydrogens (tertiary/aromatic N) is 1. The number of amides is 2. The van der Waals surface area contributed by atoms with Crippen LogP contribution in [0.2, 0.25) is 0 Å². The maximum absolute atomic E-state index is 12.0. The summed E-state index contributed by atoms with van der Waals surface area (Å²) in [6, 6.07) is 3.24. The molecular weight excluding hydrogens is 374 g/mol. The van der Waals surface area contributed by atoms with E-state index in [9.17, 15) is 9.59 Å². The molecule has 1 saturated heterocycles. The molecule has 3 unspecified atom stereocenters. The van der Waals surface area contributed by atoms with Gasteiger partial charge in [0.2, 0.25) is 5.91 Å². The van der Waals surface area contributed by atoms with Crippen LogP contribution in [0.15, 0.2) is 21.2 Å². The molecule has 2 N–H and O–H groups in total. The Morgan fingerprint density at radius 3 is 2.58 bits per heavy atom. The minimum atomic E-state index is -0.401. The van der Waals surface area contributed by atoms with E-state index in [4.69, 9.17) is 4.42 Å². The van der Waals surface area contributed by atoms with Crippen molar-refractivity contribution >= 4 is 27.7 Å². The molecule has 2 heterocycles. The van der Waals surface area contributed by atoms with E-state index in [2.05, 4.69) is 45.3 Å². The van der Waals surface area contributed by atoms with Gasteiger partial charge in [-0.05, 0) is 53.2 Å². The minimum Gasteiger partial charge on any atom is -0.444 e. The molecule has 1 aliphatic heterocycles. The highest BCUT2D eigenvalue weighted by molar-refractivity contribution is 9.10. The molecule has 134 valence electrons. The number of rotatable bonds is 6. The first-order valence-corrected chi connectivity index (χ1v) is 9.18. The molecule has 0 bridgehead atoms. The molecule has 2 rings (SSSR count). The third-order valence-corrected chi connectivity index (χ3v) is 4.52. The molecule has 0 aromatic carbocycles. The van der Waals surface area contributed by atoms with Crippen LogP contribution in [0.5, 0.6) is 0 Å². The molecule has 24 heavy (non-hydrogen) atoms. The number of halogens is 1. The zero-order valence-corrected chi connectivity index (χ0v) is 16.1. The summed E-state index contributed by atoms with van der Waals surface area (Å²) in [5.74, 6) is 0.980. The van der Waals surface area contributed by atoms with Crippen LogP contribution in [0.3, 0.4) is 0 Å². The Labute approximate surface area is 151 Å². The van der Waals surface area contributed by atoms with Crippen molar-refractivity contribution in [1.29, 1.82) is 0 Å². The van der Waals surface area contributed by atoms with Crippen molar-refractivity contribution in [1.82, 2.24) is 15.5 Å². The van der Waals surface area contributed by atoms with Gasteiger partial charge in [0, 0.05) is 25.7 Å². The average molecular weight is 400 g/mol. The van der Waals surface area contributed by atoms with E-state index in [-0.39, 0.29) is 24.3 Å². The van der Waals surface area contributed by atoms with Crippen LogP contribution in [0.25, 0.3) is 0 Å². The summed E-state index contributed by atoms with van der Waals surface area (Å²) in [7, 11) is 0. The quantitative estimate of drug-likeness (QED) is 0.768. The summed E-state index contributed by atoms with van der Waals surface area (Å²) in [5, 5.41) is 5.49. The van der Waals surface area contributed by atoms with E-state index in [0.717, 1.165) is 19.6 Å². The fourth-order valence-corrected chi connectivity index (χ4v) is 3.69. The second kappa shape index (κ2) is 8.67. The number of hydrogen-bond acceptors (Lipinski definition) is 4. The zero-order chi connectivity index (χ0) is 17.7. The van der Waals surface area contributed by atoms with Crippen molar-refractivity contribution in [2.24, 2.45) is 11.8 Å². The summed E-state index contributed by atoms with van der Waals surface area (Å²) in [6.45, 7) is 9.47. The number of nitrogens with one attached hydrogen (secondary N) is 2. The van der Waals surface area contributed by atoms with Crippen LogP contribution in [0.4, 0.5) is 0 Å². The van der Waals surface area contributed by atoms with E-state index >= 15 is 0 Å². The van der Waals surface area contributed by atoms with Crippen molar-refractivity contribution in [2.75, 3.05) is 26.2 Å². The van der Waals surface area contributed by atoms with Crippen LogP contribution in [-0.2, 0) is 4.79 Å². The molecule has 3 atom stereocenters. The summed E-state index contributed by atoms with van der Waals surface area (Å²) >= 11 is 3.14. The van der Waals surface area contributed by atoms with Crippen LogP contribution < -0.4 is 10.6 Å². The second-order valence-electron chi connectivity index (χ2n) is 6.92. The molecule has 2 amide bonds. The van der Waals surface area contributed by atoms with E-state index in [0.29, 0.717) is 16.5 Å². The molecule has 0 saturated carbocycles. The molecule has 0 radical (unpaired) electrons. The first-order chi connectivity index (χ1) is 11.3. The maximum Gasteiger partial charge on any atom is 0.287 e. The first kappa shape index (κ1) is 19.0. The minimum absolute atomic E-state index is 0.0460. The van der Waals surface area contributed by atoms with Gasteiger partial charge in [0.25, 0.3) is 5.91 Å². The summed E-state index contributed by atoms with van der Waals surface area (Å²) < 4.78 is 5.63. The lowest BCUT2D eigenvalue weighted by Gasteiger charge is -2.36. The van der Waals surface area contributed by atoms with Crippen LogP contribution in [-0.4, -0.2) is 48.9 Å². The Bertz CT molecular complexity index is 565. The smallest absolute Gasteiger partial charge is 0.287 e. The number of likely N-dealkylation sites (tertiary alicyclic amines) is 1. The molecule has 7 heteroatoms. The lowest BCUT2D eigenvalue weighted by atomic mass is 9.92. The fourth-order valence-electron chi connectivity index (χ4n) is 3.38. The third-order valence-electron chi connectivity index (χ3n) is 4.09. The molecule has 0 aliphatic carbocycles. The Kier molecular flexibility index (Phi) is 6.86. The molecule has 1 aromatic rings. The van der Waals surface area contributed by atoms with Crippen molar-refractivity contribution in [2.45, 2.75) is 33.2 Å². The van der Waals surface area contributed by atoms with E-state index < -0.39 is 5.91 Å². The van der Waals surface area contributed by atoms with Crippen molar-refractivity contribution < 1.29 is 14.0 Å². The highest BCUT2D eigenvalue weighted by Gasteiger charge is 2.23. The van der Waals surface area contributed by atoms with Crippen molar-refractivity contribution in [3.63, 3.8) is 0 Å². The number of piperidine rings is 1. The highest BCUT2D eigenvalue weighted by atomic mass is 79.9. The lowest BCUT2D eigenvalue weighted by Crippen LogP contribution is -2.48. The number of furan rings is 1. The number of carbonyl (C=O) groups excluding carboxylic acids is 2. The van der Waals surface area contributed by atoms with Gasteiger partial charge in [-0.1, -0.05) is 13.8 Å². The third kappa shape index (κ3) is 5.94. The van der Waals surface area contributed by atoms with Gasteiger partial charge >= 0.3 is 0 Å². The molecule has 1 fully saturated rings. The predicted octanol–water partition coefficient (Wildman–Crippen LogP) is 2.25. The molecule has 1 aromatic heterocycles. The number of carbonyl (C=O) groups is 2. The van der Waals surface area contributed by atoms with Gasteiger partial charge in [-0.25, -0.2) is 0 Å². The van der Waals surface area contributed by atoms with E-state index in [1.807, 2.05) is 6.92 Å². The summed E-state index contributed by atoms with van der Waals surface area (Å²) in [5.41, 5.74) is 0. The van der Waals surface area contributed by atoms with Gasteiger partial charge in [-0.2, -0.15) is 0 Å². The fraction of sp³-hybridized carbons (Fsp3) is 0.647.